The lowest BCUT2D eigenvalue weighted by atomic mass is 10.0. The fraction of sp³-hybridized carbons (Fsp3) is 0.292. The maximum absolute atomic E-state index is 12.4. The molecule has 3 aromatic heterocycles. The van der Waals surface area contributed by atoms with E-state index in [1.165, 1.54) is 10.1 Å². The normalized spacial score (nSPS) is 14.9. The Balaban J connectivity index is 1.30. The molecule has 156 valence electrons. The lowest BCUT2D eigenvalue weighted by Crippen LogP contribution is -2.47. The van der Waals surface area contributed by atoms with Crippen molar-refractivity contribution < 1.29 is 0 Å². The Hall–Kier alpha value is -3.21. The third-order valence-corrected chi connectivity index (χ3v) is 7.07. The number of hydrogen-bond donors (Lipinski definition) is 0. The quantitative estimate of drug-likeness (QED) is 0.498. The highest BCUT2D eigenvalue weighted by atomic mass is 32.1. The minimum atomic E-state index is -0.00745. The van der Waals surface area contributed by atoms with Crippen molar-refractivity contribution in [1.29, 1.82) is 5.26 Å². The second-order valence-electron chi connectivity index (χ2n) is 7.96. The minimum absolute atomic E-state index is 0.00745. The van der Waals surface area contributed by atoms with E-state index in [1.54, 1.807) is 35.1 Å². The Morgan fingerprint density at radius 1 is 1.10 bits per heavy atom. The molecule has 0 N–H and O–H groups in total. The first-order chi connectivity index (χ1) is 15.1. The van der Waals surface area contributed by atoms with Gasteiger partial charge in [0.25, 0.3) is 5.56 Å². The van der Waals surface area contributed by atoms with Crippen molar-refractivity contribution in [2.24, 2.45) is 7.05 Å². The molecule has 0 unspecified atom stereocenters. The molecule has 4 aromatic rings. The summed E-state index contributed by atoms with van der Waals surface area (Å²) in [6.07, 6.45) is 2.69. The lowest BCUT2D eigenvalue weighted by Gasteiger charge is -2.35. The summed E-state index contributed by atoms with van der Waals surface area (Å²) in [6.45, 7) is 4.71. The fourth-order valence-corrected chi connectivity index (χ4v) is 5.17. The van der Waals surface area contributed by atoms with Gasteiger partial charge in [-0.2, -0.15) is 5.26 Å². The average Bonchev–Trinajstić information content (AvgIpc) is 3.29. The van der Waals surface area contributed by atoms with Crippen LogP contribution in [0.15, 0.2) is 52.8 Å². The molecular weight excluding hydrogens is 406 g/mol. The summed E-state index contributed by atoms with van der Waals surface area (Å²) < 4.78 is 2.93. The molecule has 0 radical (unpaired) electrons. The number of benzene rings is 1. The van der Waals surface area contributed by atoms with Gasteiger partial charge >= 0.3 is 0 Å². The zero-order valence-electron chi connectivity index (χ0n) is 17.4. The van der Waals surface area contributed by atoms with Crippen LogP contribution in [0.4, 0.5) is 5.82 Å². The van der Waals surface area contributed by atoms with Crippen LogP contribution in [-0.2, 0) is 13.5 Å². The average molecular weight is 430 g/mol. The van der Waals surface area contributed by atoms with Crippen molar-refractivity contribution >= 4 is 38.1 Å². The van der Waals surface area contributed by atoms with Crippen LogP contribution >= 0.6 is 11.3 Å². The number of aryl methyl sites for hydroxylation is 1. The maximum atomic E-state index is 12.4. The van der Waals surface area contributed by atoms with Gasteiger partial charge in [0.1, 0.15) is 5.82 Å². The molecule has 0 bridgehead atoms. The Morgan fingerprint density at radius 2 is 1.94 bits per heavy atom. The number of piperazine rings is 1. The predicted molar refractivity (Wildman–Crippen MR) is 126 cm³/mol. The van der Waals surface area contributed by atoms with E-state index in [0.717, 1.165) is 61.4 Å². The highest BCUT2D eigenvalue weighted by molar-refractivity contribution is 7.17. The lowest BCUT2D eigenvalue weighted by molar-refractivity contribution is 0.261. The number of rotatable bonds is 4. The van der Waals surface area contributed by atoms with E-state index in [9.17, 15) is 10.1 Å². The van der Waals surface area contributed by atoms with Crippen LogP contribution in [0, 0.1) is 11.3 Å². The maximum Gasteiger partial charge on any atom is 0.251 e. The molecule has 5 rings (SSSR count). The van der Waals surface area contributed by atoms with Crippen molar-refractivity contribution in [3.8, 4) is 6.07 Å². The molecule has 0 amide bonds. The van der Waals surface area contributed by atoms with Crippen molar-refractivity contribution in [1.82, 2.24) is 14.5 Å². The van der Waals surface area contributed by atoms with Crippen LogP contribution in [0.1, 0.15) is 11.1 Å². The summed E-state index contributed by atoms with van der Waals surface area (Å²) in [7, 11) is 1.78. The Kier molecular flexibility index (Phi) is 5.18. The molecule has 0 spiro atoms. The number of pyridine rings is 2. The highest BCUT2D eigenvalue weighted by Gasteiger charge is 2.20. The summed E-state index contributed by atoms with van der Waals surface area (Å²) >= 11 is 1.75. The van der Waals surface area contributed by atoms with Gasteiger partial charge in [0.2, 0.25) is 0 Å². The molecule has 7 heteroatoms. The van der Waals surface area contributed by atoms with Gasteiger partial charge in [0.15, 0.2) is 0 Å². The number of fused-ring (bicyclic) bond motifs is 2. The molecule has 0 aliphatic carbocycles. The van der Waals surface area contributed by atoms with Gasteiger partial charge in [-0.25, -0.2) is 4.98 Å². The summed E-state index contributed by atoms with van der Waals surface area (Å²) in [5, 5.41) is 13.6. The molecule has 0 saturated carbocycles. The van der Waals surface area contributed by atoms with Crippen LogP contribution in [0.2, 0.25) is 0 Å². The Bertz CT molecular complexity index is 1360. The van der Waals surface area contributed by atoms with Gasteiger partial charge < -0.3 is 9.47 Å². The third kappa shape index (κ3) is 3.69. The largest absolute Gasteiger partial charge is 0.354 e. The zero-order chi connectivity index (χ0) is 21.4. The van der Waals surface area contributed by atoms with E-state index in [-0.39, 0.29) is 5.56 Å². The first-order valence-electron chi connectivity index (χ1n) is 10.5. The van der Waals surface area contributed by atoms with E-state index >= 15 is 0 Å². The van der Waals surface area contributed by atoms with Gasteiger partial charge in [-0.05, 0) is 47.7 Å². The van der Waals surface area contributed by atoms with E-state index in [2.05, 4.69) is 38.4 Å². The van der Waals surface area contributed by atoms with Gasteiger partial charge in [-0.3, -0.25) is 9.69 Å². The molecule has 1 aliphatic rings. The molecule has 6 nitrogen and oxygen atoms in total. The van der Waals surface area contributed by atoms with E-state index in [0.29, 0.717) is 5.56 Å². The number of nitrogens with zero attached hydrogens (tertiary/aromatic N) is 5. The number of aromatic nitrogens is 2. The summed E-state index contributed by atoms with van der Waals surface area (Å²) in [4.78, 5) is 21.9. The number of anilines is 1. The van der Waals surface area contributed by atoms with Crippen LogP contribution < -0.4 is 10.5 Å². The second-order valence-corrected chi connectivity index (χ2v) is 8.90. The molecule has 1 saturated heterocycles. The molecule has 0 atom stereocenters. The topological polar surface area (TPSA) is 65.2 Å². The van der Waals surface area contributed by atoms with Crippen molar-refractivity contribution in [3.63, 3.8) is 0 Å². The zero-order valence-corrected chi connectivity index (χ0v) is 18.2. The van der Waals surface area contributed by atoms with Gasteiger partial charge in [-0.1, -0.05) is 0 Å². The van der Waals surface area contributed by atoms with Gasteiger partial charge in [0.05, 0.1) is 17.1 Å². The molecule has 1 fully saturated rings. The predicted octanol–water partition coefficient (Wildman–Crippen LogP) is 3.38. The van der Waals surface area contributed by atoms with E-state index in [1.807, 2.05) is 18.3 Å². The van der Waals surface area contributed by atoms with Crippen LogP contribution in [0.3, 0.4) is 0 Å². The van der Waals surface area contributed by atoms with Crippen LogP contribution in [0.5, 0.6) is 0 Å². The van der Waals surface area contributed by atoms with Crippen LogP contribution in [0.25, 0.3) is 21.0 Å². The number of nitriles is 1. The Labute approximate surface area is 184 Å². The third-order valence-electron chi connectivity index (χ3n) is 6.19. The second kappa shape index (κ2) is 8.14. The fourth-order valence-electron chi connectivity index (χ4n) is 4.40. The molecule has 1 aliphatic heterocycles. The van der Waals surface area contributed by atoms with Gasteiger partial charge in [-0.15, -0.1) is 11.3 Å². The van der Waals surface area contributed by atoms with Crippen LogP contribution in [-0.4, -0.2) is 47.2 Å². The molecule has 4 heterocycles. The summed E-state index contributed by atoms with van der Waals surface area (Å²) in [5.74, 6) is 1.08. The first kappa shape index (κ1) is 19.7. The number of thiophene rings is 1. The van der Waals surface area contributed by atoms with E-state index < -0.39 is 0 Å². The first-order valence-corrected chi connectivity index (χ1v) is 11.3. The molecule has 1 aromatic carbocycles. The summed E-state index contributed by atoms with van der Waals surface area (Å²) in [6, 6.07) is 13.7. The number of hydrogen-bond acceptors (Lipinski definition) is 6. The molecule has 31 heavy (non-hydrogen) atoms. The van der Waals surface area contributed by atoms with Gasteiger partial charge in [0, 0.05) is 67.5 Å². The minimum Gasteiger partial charge on any atom is -0.354 e. The monoisotopic (exact) mass is 429 g/mol. The summed E-state index contributed by atoms with van der Waals surface area (Å²) in [5.41, 5.74) is 2.51. The standard InChI is InChI=1S/C24H23N5OS/c1-27-21-3-2-17(16-25)14-20(21)18(15-23(27)30)5-8-28-9-11-29(12-10-28)24-19-6-13-31-22(19)4-7-26-24/h2-4,6-7,13-15H,5,8-12H2,1H3. The highest BCUT2D eigenvalue weighted by Crippen LogP contribution is 2.29. The Morgan fingerprint density at radius 3 is 2.74 bits per heavy atom. The van der Waals surface area contributed by atoms with Crippen molar-refractivity contribution in [3.05, 3.63) is 69.5 Å². The van der Waals surface area contributed by atoms with E-state index in [4.69, 9.17) is 0 Å². The SMILES string of the molecule is Cn1c(=O)cc(CCN2CCN(c3nccc4sccc34)CC2)c2cc(C#N)ccc21. The van der Waals surface area contributed by atoms with Crippen molar-refractivity contribution in [2.75, 3.05) is 37.6 Å². The van der Waals surface area contributed by atoms with Crippen molar-refractivity contribution in [2.45, 2.75) is 6.42 Å². The smallest absolute Gasteiger partial charge is 0.251 e. The molecular formula is C24H23N5OS.